The minimum atomic E-state index is -4.74. The highest BCUT2D eigenvalue weighted by atomic mass is 19.4. The van der Waals surface area contributed by atoms with Crippen LogP contribution < -0.4 is 4.74 Å². The van der Waals surface area contributed by atoms with Gasteiger partial charge < -0.3 is 4.74 Å². The van der Waals surface area contributed by atoms with Crippen LogP contribution in [0.3, 0.4) is 0 Å². The van der Waals surface area contributed by atoms with E-state index in [4.69, 9.17) is 0 Å². The molecule has 146 valence electrons. The van der Waals surface area contributed by atoms with Crippen molar-refractivity contribution in [3.05, 3.63) is 77.9 Å². The monoisotopic (exact) mass is 392 g/mol. The van der Waals surface area contributed by atoms with Gasteiger partial charge in [-0.15, -0.1) is 13.2 Å². The Morgan fingerprint density at radius 3 is 1.79 bits per heavy atom. The molecule has 0 fully saturated rings. The van der Waals surface area contributed by atoms with Gasteiger partial charge in [-0.1, -0.05) is 61.9 Å². The molecule has 0 bridgehead atoms. The van der Waals surface area contributed by atoms with Crippen LogP contribution in [-0.2, 0) is 6.42 Å². The average molecular weight is 392 g/mol. The van der Waals surface area contributed by atoms with Crippen LogP contribution >= 0.6 is 0 Å². The maximum atomic E-state index is 14.4. The molecule has 1 nitrogen and oxygen atoms in total. The van der Waals surface area contributed by atoms with Crippen molar-refractivity contribution in [2.45, 2.75) is 26.1 Å². The second kappa shape index (κ2) is 8.00. The predicted octanol–water partition coefficient (Wildman–Crippen LogP) is 7.15. The zero-order valence-electron chi connectivity index (χ0n) is 15.0. The Bertz CT molecular complexity index is 944. The lowest BCUT2D eigenvalue weighted by Gasteiger charge is -2.10. The molecule has 0 aliphatic rings. The van der Waals surface area contributed by atoms with E-state index in [1.165, 1.54) is 24.3 Å². The third-order valence-electron chi connectivity index (χ3n) is 4.30. The van der Waals surface area contributed by atoms with Crippen LogP contribution in [-0.4, -0.2) is 6.36 Å². The van der Waals surface area contributed by atoms with E-state index in [9.17, 15) is 22.0 Å². The number of hydrogen-bond acceptors (Lipinski definition) is 1. The molecular formula is C22H17F5O. The highest BCUT2D eigenvalue weighted by Crippen LogP contribution is 2.30. The Morgan fingerprint density at radius 2 is 1.25 bits per heavy atom. The third-order valence-corrected chi connectivity index (χ3v) is 4.30. The molecule has 6 heteroatoms. The molecule has 0 saturated heterocycles. The van der Waals surface area contributed by atoms with E-state index in [1.807, 2.05) is 6.92 Å². The van der Waals surface area contributed by atoms with Gasteiger partial charge in [0, 0.05) is 5.56 Å². The number of aryl methyl sites for hydroxylation is 1. The van der Waals surface area contributed by atoms with E-state index in [-0.39, 0.29) is 11.3 Å². The van der Waals surface area contributed by atoms with Crippen LogP contribution in [0, 0.1) is 11.6 Å². The maximum Gasteiger partial charge on any atom is 0.573 e. The van der Waals surface area contributed by atoms with Gasteiger partial charge in [-0.2, -0.15) is 0 Å². The summed E-state index contributed by atoms with van der Waals surface area (Å²) in [5, 5.41) is 0. The number of hydrogen-bond donors (Lipinski definition) is 0. The molecule has 0 amide bonds. The predicted molar refractivity (Wildman–Crippen MR) is 97.9 cm³/mol. The Balaban J connectivity index is 1.83. The molecule has 0 atom stereocenters. The fourth-order valence-corrected chi connectivity index (χ4v) is 2.97. The average Bonchev–Trinajstić information content (AvgIpc) is 2.65. The van der Waals surface area contributed by atoms with E-state index < -0.39 is 18.0 Å². The van der Waals surface area contributed by atoms with Gasteiger partial charge in [0.25, 0.3) is 0 Å². The minimum absolute atomic E-state index is 0.165. The number of rotatable bonds is 5. The molecule has 0 N–H and O–H groups in total. The van der Waals surface area contributed by atoms with Crippen molar-refractivity contribution in [2.75, 3.05) is 0 Å². The van der Waals surface area contributed by atoms with Crippen molar-refractivity contribution in [1.82, 2.24) is 0 Å². The fraction of sp³-hybridized carbons (Fsp3) is 0.182. The van der Waals surface area contributed by atoms with Crippen LogP contribution in [0.1, 0.15) is 18.9 Å². The number of alkyl halides is 3. The third kappa shape index (κ3) is 4.50. The van der Waals surface area contributed by atoms with Gasteiger partial charge in [-0.3, -0.25) is 0 Å². The first-order valence-corrected chi connectivity index (χ1v) is 8.72. The maximum absolute atomic E-state index is 14.4. The van der Waals surface area contributed by atoms with Gasteiger partial charge in [0.1, 0.15) is 5.75 Å². The summed E-state index contributed by atoms with van der Waals surface area (Å²) in [6.07, 6.45) is -3.55. The van der Waals surface area contributed by atoms with Crippen molar-refractivity contribution >= 4 is 0 Å². The lowest BCUT2D eigenvalue weighted by atomic mass is 9.98. The number of halogens is 5. The summed E-state index contributed by atoms with van der Waals surface area (Å²) < 4.78 is 69.1. The summed E-state index contributed by atoms with van der Waals surface area (Å²) >= 11 is 0. The zero-order chi connectivity index (χ0) is 20.3. The Morgan fingerprint density at radius 1 is 0.714 bits per heavy atom. The molecule has 0 saturated carbocycles. The smallest absolute Gasteiger partial charge is 0.406 e. The first-order chi connectivity index (χ1) is 13.3. The van der Waals surface area contributed by atoms with E-state index in [0.29, 0.717) is 23.1 Å². The first-order valence-electron chi connectivity index (χ1n) is 8.72. The molecule has 3 aromatic carbocycles. The van der Waals surface area contributed by atoms with Crippen molar-refractivity contribution in [2.24, 2.45) is 0 Å². The van der Waals surface area contributed by atoms with E-state index in [0.717, 1.165) is 12.0 Å². The highest BCUT2D eigenvalue weighted by Gasteiger charge is 2.30. The molecule has 0 radical (unpaired) electrons. The standard InChI is InChI=1S/C22H17F5O/c1-2-3-17-10-13-19(21(24)20(17)23)16-6-4-14(5-7-16)15-8-11-18(12-9-15)28-22(25,26)27/h4-13H,2-3H2,1H3. The van der Waals surface area contributed by atoms with Crippen molar-refractivity contribution in [1.29, 1.82) is 0 Å². The van der Waals surface area contributed by atoms with Gasteiger partial charge in [0.15, 0.2) is 11.6 Å². The second-order valence-corrected chi connectivity index (χ2v) is 6.30. The summed E-state index contributed by atoms with van der Waals surface area (Å²) in [6.45, 7) is 1.89. The molecule has 0 aliphatic heterocycles. The quantitative estimate of drug-likeness (QED) is 0.419. The van der Waals surface area contributed by atoms with Gasteiger partial charge >= 0.3 is 6.36 Å². The molecule has 0 aliphatic carbocycles. The second-order valence-electron chi connectivity index (χ2n) is 6.30. The van der Waals surface area contributed by atoms with Crippen LogP contribution in [0.15, 0.2) is 60.7 Å². The highest BCUT2D eigenvalue weighted by molar-refractivity contribution is 5.71. The fourth-order valence-electron chi connectivity index (χ4n) is 2.97. The minimum Gasteiger partial charge on any atom is -0.406 e. The van der Waals surface area contributed by atoms with Gasteiger partial charge in [-0.05, 0) is 40.8 Å². The van der Waals surface area contributed by atoms with Crippen LogP contribution in [0.5, 0.6) is 5.75 Å². The Labute approximate surface area is 159 Å². The Hall–Kier alpha value is -2.89. The van der Waals surface area contributed by atoms with Gasteiger partial charge in [0.2, 0.25) is 0 Å². The number of benzene rings is 3. The molecule has 0 spiro atoms. The zero-order valence-corrected chi connectivity index (χ0v) is 15.0. The van der Waals surface area contributed by atoms with Gasteiger partial charge in [-0.25, -0.2) is 8.78 Å². The number of ether oxygens (including phenoxy) is 1. The SMILES string of the molecule is CCCc1ccc(-c2ccc(-c3ccc(OC(F)(F)F)cc3)cc2)c(F)c1F. The summed E-state index contributed by atoms with van der Waals surface area (Å²) in [5.74, 6) is -2.02. The van der Waals surface area contributed by atoms with Crippen molar-refractivity contribution in [3.8, 4) is 28.0 Å². The Kier molecular flexibility index (Phi) is 5.68. The summed E-state index contributed by atoms with van der Waals surface area (Å²) in [6, 6.07) is 15.3. The molecule has 28 heavy (non-hydrogen) atoms. The lowest BCUT2D eigenvalue weighted by molar-refractivity contribution is -0.274. The largest absolute Gasteiger partial charge is 0.573 e. The van der Waals surface area contributed by atoms with E-state index in [2.05, 4.69) is 4.74 Å². The molecule has 0 unspecified atom stereocenters. The van der Waals surface area contributed by atoms with E-state index >= 15 is 0 Å². The molecule has 0 heterocycles. The topological polar surface area (TPSA) is 9.23 Å². The van der Waals surface area contributed by atoms with Crippen LogP contribution in [0.2, 0.25) is 0 Å². The normalized spacial score (nSPS) is 11.5. The van der Waals surface area contributed by atoms with Crippen molar-refractivity contribution < 1.29 is 26.7 Å². The molecule has 3 rings (SSSR count). The molecule has 3 aromatic rings. The summed E-state index contributed by atoms with van der Waals surface area (Å²) in [7, 11) is 0. The van der Waals surface area contributed by atoms with Gasteiger partial charge in [0.05, 0.1) is 0 Å². The first kappa shape index (κ1) is 19.9. The summed E-state index contributed by atoms with van der Waals surface area (Å²) in [4.78, 5) is 0. The summed E-state index contributed by atoms with van der Waals surface area (Å²) in [5.41, 5.74) is 2.43. The molecular weight excluding hydrogens is 375 g/mol. The van der Waals surface area contributed by atoms with Crippen LogP contribution in [0.4, 0.5) is 22.0 Å². The molecule has 0 aromatic heterocycles. The van der Waals surface area contributed by atoms with Crippen LogP contribution in [0.25, 0.3) is 22.3 Å². The van der Waals surface area contributed by atoms with Crippen molar-refractivity contribution in [3.63, 3.8) is 0 Å². The van der Waals surface area contributed by atoms with E-state index in [1.54, 1.807) is 36.4 Å². The lowest BCUT2D eigenvalue weighted by Crippen LogP contribution is -2.16.